The molecule has 5 nitrogen and oxygen atoms in total. The molecule has 2 saturated carbocycles. The molecule has 6 heteroatoms. The summed E-state index contributed by atoms with van der Waals surface area (Å²) in [5.74, 6) is 0.980. The fourth-order valence-electron chi connectivity index (χ4n) is 6.39. The number of carbonyl (C=O) groups is 1. The highest BCUT2D eigenvalue weighted by Crippen LogP contribution is 2.44. The first kappa shape index (κ1) is 18.1. The average Bonchev–Trinajstić information content (AvgIpc) is 2.98. The highest BCUT2D eigenvalue weighted by Gasteiger charge is 2.44. The molecule has 28 heavy (non-hydrogen) atoms. The van der Waals surface area contributed by atoms with Gasteiger partial charge in [-0.3, -0.25) is 9.69 Å². The number of likely N-dealkylation sites (tertiary alicyclic amines) is 1. The Morgan fingerprint density at radius 1 is 1.00 bits per heavy atom. The molecule has 1 aromatic rings. The van der Waals surface area contributed by atoms with Crippen molar-refractivity contribution in [3.8, 4) is 0 Å². The molecule has 2 heterocycles. The maximum atomic E-state index is 13.7. The van der Waals surface area contributed by atoms with E-state index in [1.807, 2.05) is 0 Å². The van der Waals surface area contributed by atoms with Crippen LogP contribution in [-0.2, 0) is 4.79 Å². The second-order valence-corrected chi connectivity index (χ2v) is 8.92. The van der Waals surface area contributed by atoms with Crippen molar-refractivity contribution in [2.24, 2.45) is 17.0 Å². The molecular weight excluding hydrogens is 357 g/mol. The molecule has 0 unspecified atom stereocenters. The zero-order valence-electron chi connectivity index (χ0n) is 16.2. The highest BCUT2D eigenvalue weighted by molar-refractivity contribution is 6.54. The van der Waals surface area contributed by atoms with E-state index >= 15 is 0 Å². The lowest BCUT2D eigenvalue weighted by molar-refractivity contribution is -0.113. The third kappa shape index (κ3) is 2.84. The molecule has 3 fully saturated rings. The lowest BCUT2D eigenvalue weighted by Crippen LogP contribution is -2.55. The predicted octanol–water partition coefficient (Wildman–Crippen LogP) is 3.78. The maximum Gasteiger partial charge on any atom is 0.281 e. The van der Waals surface area contributed by atoms with Crippen LogP contribution in [0.2, 0.25) is 0 Å². The molecule has 0 aromatic heterocycles. The molecular formula is C22H28FN3O2. The number of carbonyl (C=O) groups excluding carboxylic acids is 1. The summed E-state index contributed by atoms with van der Waals surface area (Å²) in [6, 6.07) is 5.11. The van der Waals surface area contributed by atoms with E-state index in [2.05, 4.69) is 10.1 Å². The average molecular weight is 385 g/mol. The zero-order chi connectivity index (χ0) is 19.3. The Labute approximate surface area is 165 Å². The van der Waals surface area contributed by atoms with E-state index in [4.69, 9.17) is 0 Å². The molecule has 1 aromatic carbocycles. The van der Waals surface area contributed by atoms with Crippen molar-refractivity contribution < 1.29 is 14.4 Å². The van der Waals surface area contributed by atoms with Gasteiger partial charge in [-0.15, -0.1) is 0 Å². The van der Waals surface area contributed by atoms with Gasteiger partial charge in [-0.25, -0.2) is 4.39 Å². The van der Waals surface area contributed by atoms with Crippen LogP contribution < -0.4 is 4.90 Å². The van der Waals surface area contributed by atoms with Gasteiger partial charge in [0, 0.05) is 30.7 Å². The van der Waals surface area contributed by atoms with E-state index in [1.165, 1.54) is 50.7 Å². The van der Waals surface area contributed by atoms with Gasteiger partial charge in [0.05, 0.1) is 5.69 Å². The van der Waals surface area contributed by atoms with Gasteiger partial charge in [-0.2, -0.15) is 0 Å². The molecule has 0 spiro atoms. The molecule has 4 aliphatic rings. The van der Waals surface area contributed by atoms with E-state index in [0.717, 1.165) is 43.8 Å². The molecule has 0 radical (unpaired) electrons. The second-order valence-electron chi connectivity index (χ2n) is 8.92. The molecule has 2 aliphatic carbocycles. The Hall–Kier alpha value is -1.95. The Kier molecular flexibility index (Phi) is 4.62. The maximum absolute atomic E-state index is 13.7. The largest absolute Gasteiger partial charge is 0.410 e. The lowest BCUT2D eigenvalue weighted by Gasteiger charge is -2.50. The van der Waals surface area contributed by atoms with Crippen LogP contribution in [-0.4, -0.2) is 46.9 Å². The van der Waals surface area contributed by atoms with Crippen LogP contribution in [0.4, 0.5) is 10.1 Å². The van der Waals surface area contributed by atoms with Gasteiger partial charge in [0.25, 0.3) is 5.91 Å². The van der Waals surface area contributed by atoms with Gasteiger partial charge in [-0.05, 0) is 68.6 Å². The molecule has 2 aliphatic heterocycles. The topological polar surface area (TPSA) is 56.1 Å². The van der Waals surface area contributed by atoms with Gasteiger partial charge < -0.3 is 10.1 Å². The molecule has 5 rings (SSSR count). The van der Waals surface area contributed by atoms with Gasteiger partial charge in [-0.1, -0.05) is 18.0 Å². The number of fused-ring (bicyclic) bond motifs is 3. The van der Waals surface area contributed by atoms with Crippen molar-refractivity contribution in [3.05, 3.63) is 29.6 Å². The van der Waals surface area contributed by atoms with Crippen molar-refractivity contribution in [2.45, 2.75) is 63.5 Å². The molecule has 150 valence electrons. The number of rotatable bonds is 2. The van der Waals surface area contributed by atoms with E-state index in [0.29, 0.717) is 11.3 Å². The van der Waals surface area contributed by atoms with E-state index in [1.54, 1.807) is 11.0 Å². The van der Waals surface area contributed by atoms with Gasteiger partial charge in [0.2, 0.25) is 0 Å². The normalized spacial score (nSPS) is 32.8. The summed E-state index contributed by atoms with van der Waals surface area (Å²) in [6.07, 6.45) is 10.1. The van der Waals surface area contributed by atoms with E-state index in [-0.39, 0.29) is 17.7 Å². The Morgan fingerprint density at radius 3 is 2.25 bits per heavy atom. The minimum Gasteiger partial charge on any atom is -0.410 e. The molecule has 2 bridgehead atoms. The first-order valence-electron chi connectivity index (χ1n) is 10.8. The SMILES string of the molecule is O=C1/C(=N\O)c2cc(F)ccc2N1C1CCN(C2C3CCCC2CCC3)CC1. The Morgan fingerprint density at radius 2 is 1.64 bits per heavy atom. The zero-order valence-corrected chi connectivity index (χ0v) is 16.2. The standard InChI is InChI=1S/C22H28FN3O2/c23-16-7-8-19-18(13-16)20(24-28)22(27)26(19)17-9-11-25(12-10-17)21-14-3-1-4-15(21)6-2-5-14/h7-8,13-15,17,21,28H,1-6,9-12H2/b24-20-. The molecule has 0 atom stereocenters. The smallest absolute Gasteiger partial charge is 0.281 e. The van der Waals surface area contributed by atoms with Crippen LogP contribution in [0.1, 0.15) is 56.9 Å². The third-order valence-corrected chi connectivity index (χ3v) is 7.55. The van der Waals surface area contributed by atoms with Crippen molar-refractivity contribution in [2.75, 3.05) is 18.0 Å². The summed E-state index contributed by atoms with van der Waals surface area (Å²) < 4.78 is 13.7. The summed E-state index contributed by atoms with van der Waals surface area (Å²) in [5.41, 5.74) is 1.03. The van der Waals surface area contributed by atoms with Crippen molar-refractivity contribution in [1.82, 2.24) is 4.90 Å². The number of hydrogen-bond acceptors (Lipinski definition) is 4. The lowest BCUT2D eigenvalue weighted by atomic mass is 9.67. The summed E-state index contributed by atoms with van der Waals surface area (Å²) in [6.45, 7) is 2.02. The highest BCUT2D eigenvalue weighted by atomic mass is 19.1. The van der Waals surface area contributed by atoms with Gasteiger partial charge >= 0.3 is 0 Å². The number of hydrogen-bond donors (Lipinski definition) is 1. The molecule has 1 saturated heterocycles. The number of nitrogens with zero attached hydrogens (tertiary/aromatic N) is 3. The fraction of sp³-hybridized carbons (Fsp3) is 0.636. The van der Waals surface area contributed by atoms with Gasteiger partial charge in [0.15, 0.2) is 5.71 Å². The monoisotopic (exact) mass is 385 g/mol. The summed E-state index contributed by atoms with van der Waals surface area (Å²) >= 11 is 0. The van der Waals surface area contributed by atoms with Crippen LogP contribution >= 0.6 is 0 Å². The summed E-state index contributed by atoms with van der Waals surface area (Å²) in [5, 5.41) is 12.5. The third-order valence-electron chi connectivity index (χ3n) is 7.55. The van der Waals surface area contributed by atoms with Gasteiger partial charge in [0.1, 0.15) is 5.82 Å². The number of piperidine rings is 1. The predicted molar refractivity (Wildman–Crippen MR) is 105 cm³/mol. The van der Waals surface area contributed by atoms with Crippen LogP contribution in [0.25, 0.3) is 0 Å². The number of anilines is 1. The number of benzene rings is 1. The van der Waals surface area contributed by atoms with Crippen molar-refractivity contribution >= 4 is 17.3 Å². The van der Waals surface area contributed by atoms with Crippen LogP contribution in [0.15, 0.2) is 23.4 Å². The van der Waals surface area contributed by atoms with Crippen LogP contribution in [0, 0.1) is 17.7 Å². The fourth-order valence-corrected chi connectivity index (χ4v) is 6.39. The quantitative estimate of drug-likeness (QED) is 0.623. The first-order valence-corrected chi connectivity index (χ1v) is 10.8. The second kappa shape index (κ2) is 7.14. The van der Waals surface area contributed by atoms with Crippen LogP contribution in [0.5, 0.6) is 0 Å². The summed E-state index contributed by atoms with van der Waals surface area (Å²) in [4.78, 5) is 17.3. The Bertz CT molecular complexity index is 781. The van der Waals surface area contributed by atoms with E-state index in [9.17, 15) is 14.4 Å². The molecule has 1 N–H and O–H groups in total. The number of halogens is 1. The number of oxime groups is 1. The first-order chi connectivity index (χ1) is 13.7. The van der Waals surface area contributed by atoms with Crippen molar-refractivity contribution in [1.29, 1.82) is 0 Å². The summed E-state index contributed by atoms with van der Waals surface area (Å²) in [7, 11) is 0. The van der Waals surface area contributed by atoms with Crippen LogP contribution in [0.3, 0.4) is 0 Å². The number of amides is 1. The van der Waals surface area contributed by atoms with Crippen molar-refractivity contribution in [3.63, 3.8) is 0 Å². The minimum absolute atomic E-state index is 0.0428. The Balaban J connectivity index is 1.33. The minimum atomic E-state index is -0.423. The van der Waals surface area contributed by atoms with E-state index < -0.39 is 5.82 Å². The molecule has 1 amide bonds.